The molecule has 1 aliphatic rings. The first-order chi connectivity index (χ1) is 8.91. The third kappa shape index (κ3) is 3.09. The average Bonchev–Trinajstić information content (AvgIpc) is 2.38. The van der Waals surface area contributed by atoms with Crippen LogP contribution in [-0.2, 0) is 6.18 Å². The van der Waals surface area contributed by atoms with Crippen molar-refractivity contribution in [3.63, 3.8) is 0 Å². The van der Waals surface area contributed by atoms with Crippen molar-refractivity contribution in [3.8, 4) is 0 Å². The van der Waals surface area contributed by atoms with Crippen molar-refractivity contribution < 1.29 is 18.3 Å². The zero-order chi connectivity index (χ0) is 14.0. The molecule has 4 nitrogen and oxygen atoms in total. The number of nitrogens with one attached hydrogen (secondary N) is 1. The summed E-state index contributed by atoms with van der Waals surface area (Å²) in [6.07, 6.45) is -2.67. The zero-order valence-corrected chi connectivity index (χ0v) is 10.5. The summed E-state index contributed by atoms with van der Waals surface area (Å²) in [5, 5.41) is 12.2. The van der Waals surface area contributed by atoms with Crippen LogP contribution in [0, 0.1) is 0 Å². The molecule has 19 heavy (non-hydrogen) atoms. The fourth-order valence-electron chi connectivity index (χ4n) is 2.13. The Kier molecular flexibility index (Phi) is 3.84. The third-order valence-electron chi connectivity index (χ3n) is 3.23. The molecule has 0 aromatic carbocycles. The normalized spacial score (nSPS) is 17.6. The molecule has 0 bridgehead atoms. The van der Waals surface area contributed by atoms with E-state index < -0.39 is 11.7 Å². The van der Waals surface area contributed by atoms with E-state index in [9.17, 15) is 18.3 Å². The topological polar surface area (TPSA) is 48.4 Å². The van der Waals surface area contributed by atoms with Gasteiger partial charge in [-0.25, -0.2) is 4.98 Å². The highest BCUT2D eigenvalue weighted by Gasteiger charge is 2.32. The molecule has 1 aromatic rings. The van der Waals surface area contributed by atoms with Crippen molar-refractivity contribution in [1.29, 1.82) is 0 Å². The van der Waals surface area contributed by atoms with E-state index in [1.165, 1.54) is 0 Å². The Hall–Kier alpha value is -1.50. The first-order valence-corrected chi connectivity index (χ1v) is 6.10. The number of anilines is 2. The standard InChI is InChI=1S/C12H16F3N3O/c1-16-10-6-8(12(13,14)15)7-17-11(10)18-4-2-9(19)3-5-18/h6-7,9,16,19H,2-5H2,1H3. The highest BCUT2D eigenvalue weighted by Crippen LogP contribution is 2.34. The number of pyridine rings is 1. The number of hydrogen-bond donors (Lipinski definition) is 2. The summed E-state index contributed by atoms with van der Waals surface area (Å²) in [5.74, 6) is 0.502. The lowest BCUT2D eigenvalue weighted by Crippen LogP contribution is -2.36. The number of aliphatic hydroxyl groups is 1. The summed E-state index contributed by atoms with van der Waals surface area (Å²) < 4.78 is 37.8. The molecule has 1 aromatic heterocycles. The summed E-state index contributed by atoms with van der Waals surface area (Å²) in [5.41, 5.74) is -0.413. The summed E-state index contributed by atoms with van der Waals surface area (Å²) in [7, 11) is 1.57. The van der Waals surface area contributed by atoms with E-state index in [-0.39, 0.29) is 6.10 Å². The second kappa shape index (κ2) is 5.24. The first kappa shape index (κ1) is 13.9. The van der Waals surface area contributed by atoms with Gasteiger partial charge in [-0.15, -0.1) is 0 Å². The summed E-state index contributed by atoms with van der Waals surface area (Å²) in [4.78, 5) is 5.81. The molecule has 1 fully saturated rings. The lowest BCUT2D eigenvalue weighted by Gasteiger charge is -2.31. The second-order valence-corrected chi connectivity index (χ2v) is 4.56. The maximum absolute atomic E-state index is 12.6. The minimum absolute atomic E-state index is 0.330. The monoisotopic (exact) mass is 275 g/mol. The van der Waals surface area contributed by atoms with Crippen molar-refractivity contribution in [3.05, 3.63) is 17.8 Å². The highest BCUT2D eigenvalue weighted by atomic mass is 19.4. The predicted octanol–water partition coefficient (Wildman–Crippen LogP) is 2.10. The molecule has 0 saturated carbocycles. The molecule has 2 heterocycles. The average molecular weight is 275 g/mol. The van der Waals surface area contributed by atoms with Crippen LogP contribution < -0.4 is 10.2 Å². The SMILES string of the molecule is CNc1cc(C(F)(F)F)cnc1N1CCC(O)CC1. The van der Waals surface area contributed by atoms with Crippen LogP contribution in [0.1, 0.15) is 18.4 Å². The first-order valence-electron chi connectivity index (χ1n) is 6.10. The Bertz CT molecular complexity index is 442. The van der Waals surface area contributed by atoms with E-state index in [0.29, 0.717) is 37.4 Å². The molecule has 0 aliphatic carbocycles. The van der Waals surface area contributed by atoms with Crippen molar-refractivity contribution in [2.24, 2.45) is 0 Å². The van der Waals surface area contributed by atoms with Gasteiger partial charge in [0.1, 0.15) is 0 Å². The molecule has 0 spiro atoms. The molecule has 1 saturated heterocycles. The third-order valence-corrected chi connectivity index (χ3v) is 3.23. The van der Waals surface area contributed by atoms with Gasteiger partial charge in [0.25, 0.3) is 0 Å². The van der Waals surface area contributed by atoms with E-state index in [4.69, 9.17) is 0 Å². The lowest BCUT2D eigenvalue weighted by molar-refractivity contribution is -0.137. The van der Waals surface area contributed by atoms with Crippen molar-refractivity contribution >= 4 is 11.5 Å². The van der Waals surface area contributed by atoms with E-state index in [1.54, 1.807) is 7.05 Å². The molecule has 0 unspecified atom stereocenters. The maximum Gasteiger partial charge on any atom is 0.417 e. The minimum atomic E-state index is -4.39. The molecular formula is C12H16F3N3O. The largest absolute Gasteiger partial charge is 0.417 e. The van der Waals surface area contributed by atoms with Gasteiger partial charge in [0.05, 0.1) is 17.4 Å². The number of piperidine rings is 1. The number of rotatable bonds is 2. The van der Waals surface area contributed by atoms with Gasteiger partial charge >= 0.3 is 6.18 Å². The predicted molar refractivity (Wildman–Crippen MR) is 66.2 cm³/mol. The van der Waals surface area contributed by atoms with Crippen molar-refractivity contribution in [1.82, 2.24) is 4.98 Å². The summed E-state index contributed by atoms with van der Waals surface area (Å²) in [6, 6.07) is 1.06. The van der Waals surface area contributed by atoms with Crippen LogP contribution in [0.15, 0.2) is 12.3 Å². The Labute approximate surface area is 109 Å². The molecule has 0 atom stereocenters. The van der Waals surface area contributed by atoms with Crippen LogP contribution >= 0.6 is 0 Å². The Morgan fingerprint density at radius 2 is 2.00 bits per heavy atom. The van der Waals surface area contributed by atoms with E-state index in [0.717, 1.165) is 12.3 Å². The maximum atomic E-state index is 12.6. The molecule has 2 rings (SSSR count). The molecule has 106 valence electrons. The van der Waals surface area contributed by atoms with Crippen molar-refractivity contribution in [2.75, 3.05) is 30.4 Å². The smallest absolute Gasteiger partial charge is 0.393 e. The number of alkyl halides is 3. The molecule has 0 amide bonds. The van der Waals surface area contributed by atoms with E-state index in [2.05, 4.69) is 10.3 Å². The summed E-state index contributed by atoms with van der Waals surface area (Å²) in [6.45, 7) is 1.18. The Morgan fingerprint density at radius 3 is 2.53 bits per heavy atom. The van der Waals surface area contributed by atoms with Gasteiger partial charge in [0.2, 0.25) is 0 Å². The van der Waals surface area contributed by atoms with Gasteiger partial charge in [-0.3, -0.25) is 0 Å². The summed E-state index contributed by atoms with van der Waals surface area (Å²) >= 11 is 0. The number of aromatic nitrogens is 1. The number of nitrogens with zero attached hydrogens (tertiary/aromatic N) is 2. The van der Waals surface area contributed by atoms with Gasteiger partial charge in [0.15, 0.2) is 5.82 Å². The Balaban J connectivity index is 2.26. The lowest BCUT2D eigenvalue weighted by atomic mass is 10.1. The number of halogens is 3. The number of hydrogen-bond acceptors (Lipinski definition) is 4. The van der Waals surface area contributed by atoms with Crippen LogP contribution in [0.25, 0.3) is 0 Å². The van der Waals surface area contributed by atoms with Gasteiger partial charge < -0.3 is 15.3 Å². The fraction of sp³-hybridized carbons (Fsp3) is 0.583. The van der Waals surface area contributed by atoms with Gasteiger partial charge in [-0.05, 0) is 18.9 Å². The number of aliphatic hydroxyl groups excluding tert-OH is 1. The molecule has 0 radical (unpaired) electrons. The zero-order valence-electron chi connectivity index (χ0n) is 10.5. The van der Waals surface area contributed by atoms with Gasteiger partial charge in [0, 0.05) is 26.3 Å². The van der Waals surface area contributed by atoms with E-state index >= 15 is 0 Å². The van der Waals surface area contributed by atoms with Gasteiger partial charge in [-0.1, -0.05) is 0 Å². The van der Waals surface area contributed by atoms with Crippen LogP contribution in [0.3, 0.4) is 0 Å². The van der Waals surface area contributed by atoms with Crippen LogP contribution in [-0.4, -0.2) is 36.3 Å². The highest BCUT2D eigenvalue weighted by molar-refractivity contribution is 5.66. The minimum Gasteiger partial charge on any atom is -0.393 e. The second-order valence-electron chi connectivity index (χ2n) is 4.56. The van der Waals surface area contributed by atoms with Crippen LogP contribution in [0.2, 0.25) is 0 Å². The quantitative estimate of drug-likeness (QED) is 0.868. The fourth-order valence-corrected chi connectivity index (χ4v) is 2.13. The van der Waals surface area contributed by atoms with E-state index in [1.807, 2.05) is 4.90 Å². The molecule has 1 aliphatic heterocycles. The molecule has 2 N–H and O–H groups in total. The molecular weight excluding hydrogens is 259 g/mol. The molecule has 7 heteroatoms. The van der Waals surface area contributed by atoms with Crippen molar-refractivity contribution in [2.45, 2.75) is 25.1 Å². The van der Waals surface area contributed by atoms with Gasteiger partial charge in [-0.2, -0.15) is 13.2 Å². The van der Waals surface area contributed by atoms with Crippen LogP contribution in [0.5, 0.6) is 0 Å². The van der Waals surface area contributed by atoms with Crippen LogP contribution in [0.4, 0.5) is 24.7 Å². The Morgan fingerprint density at radius 1 is 1.37 bits per heavy atom.